The fraction of sp³-hybridized carbons (Fsp3) is 0.429. The van der Waals surface area contributed by atoms with E-state index in [0.29, 0.717) is 32.7 Å². The van der Waals surface area contributed by atoms with E-state index in [9.17, 15) is 9.59 Å². The Labute approximate surface area is 165 Å². The zero-order valence-electron chi connectivity index (χ0n) is 16.7. The van der Waals surface area contributed by atoms with Gasteiger partial charge >= 0.3 is 0 Å². The quantitative estimate of drug-likeness (QED) is 0.570. The van der Waals surface area contributed by atoms with Gasteiger partial charge in [-0.3, -0.25) is 9.59 Å². The smallest absolute Gasteiger partial charge is 0.279 e. The standard InChI is InChI=1S/C21H28N4O3/c1-17-5-7-18(8-6-17)22-20(26)15-24-9-11-25(12-10-24)21(27)16-23(2)14-19-4-3-13-28-19/h3-8,13H,9-12,14-16H2,1-2H3,(H,22,26)/p+2. The van der Waals surface area contributed by atoms with E-state index in [1.165, 1.54) is 10.5 Å². The normalized spacial score (nSPS) is 16.0. The van der Waals surface area contributed by atoms with E-state index in [0.717, 1.165) is 29.4 Å². The lowest BCUT2D eigenvalue weighted by atomic mass is 10.2. The fourth-order valence-electron chi connectivity index (χ4n) is 3.46. The van der Waals surface area contributed by atoms with Gasteiger partial charge in [-0.25, -0.2) is 0 Å². The second-order valence-corrected chi connectivity index (χ2v) is 7.61. The Morgan fingerprint density at radius 1 is 1.18 bits per heavy atom. The minimum Gasteiger partial charge on any atom is -0.463 e. The average Bonchev–Trinajstić information content (AvgIpc) is 3.17. The molecule has 2 amide bonds. The Kier molecular flexibility index (Phi) is 6.84. The molecule has 0 radical (unpaired) electrons. The number of aryl methyl sites for hydroxylation is 1. The van der Waals surface area contributed by atoms with Gasteiger partial charge in [0, 0.05) is 5.69 Å². The van der Waals surface area contributed by atoms with Gasteiger partial charge in [0.1, 0.15) is 6.54 Å². The summed E-state index contributed by atoms with van der Waals surface area (Å²) in [6, 6.07) is 11.6. The molecule has 0 spiro atoms. The largest absolute Gasteiger partial charge is 0.463 e. The number of rotatable bonds is 7. The van der Waals surface area contributed by atoms with Crippen molar-refractivity contribution in [2.24, 2.45) is 0 Å². The number of hydrogen-bond donors (Lipinski definition) is 3. The molecule has 150 valence electrons. The summed E-state index contributed by atoms with van der Waals surface area (Å²) in [5.74, 6) is 1.06. The average molecular weight is 386 g/mol. The van der Waals surface area contributed by atoms with E-state index in [1.807, 2.05) is 55.3 Å². The highest BCUT2D eigenvalue weighted by atomic mass is 16.3. The van der Waals surface area contributed by atoms with Crippen molar-refractivity contribution in [3.05, 3.63) is 54.0 Å². The molecule has 7 nitrogen and oxygen atoms in total. The van der Waals surface area contributed by atoms with Crippen LogP contribution in [0.15, 0.2) is 47.1 Å². The summed E-state index contributed by atoms with van der Waals surface area (Å²) in [5, 5.41) is 2.94. The monoisotopic (exact) mass is 386 g/mol. The molecule has 3 N–H and O–H groups in total. The van der Waals surface area contributed by atoms with Crippen molar-refractivity contribution in [3.8, 4) is 0 Å². The number of nitrogens with zero attached hydrogens (tertiary/aromatic N) is 1. The molecule has 1 aliphatic rings. The number of piperazine rings is 1. The number of amides is 2. The van der Waals surface area contributed by atoms with Crippen LogP contribution >= 0.6 is 0 Å². The van der Waals surface area contributed by atoms with Crippen LogP contribution in [0.1, 0.15) is 11.3 Å². The SMILES string of the molecule is Cc1ccc(NC(=O)C[NH+]2CCN(C(=O)C[NH+](C)Cc3ccco3)CC2)cc1. The maximum atomic E-state index is 12.5. The van der Waals surface area contributed by atoms with Crippen molar-refractivity contribution in [2.45, 2.75) is 13.5 Å². The Balaban J connectivity index is 1.38. The molecule has 2 heterocycles. The number of carbonyl (C=O) groups excluding carboxylic acids is 2. The third-order valence-electron chi connectivity index (χ3n) is 5.08. The number of furan rings is 1. The lowest BCUT2D eigenvalue weighted by Gasteiger charge is -2.32. The summed E-state index contributed by atoms with van der Waals surface area (Å²) in [6.45, 7) is 6.58. The first-order valence-corrected chi connectivity index (χ1v) is 9.81. The first kappa shape index (κ1) is 20.1. The molecule has 0 aliphatic carbocycles. The van der Waals surface area contributed by atoms with Crippen molar-refractivity contribution in [2.75, 3.05) is 51.6 Å². The van der Waals surface area contributed by atoms with Crippen LogP contribution in [-0.2, 0) is 16.1 Å². The lowest BCUT2D eigenvalue weighted by molar-refractivity contribution is -0.896. The van der Waals surface area contributed by atoms with Gasteiger partial charge in [-0.1, -0.05) is 17.7 Å². The Morgan fingerprint density at radius 2 is 1.89 bits per heavy atom. The van der Waals surface area contributed by atoms with Crippen LogP contribution in [0.3, 0.4) is 0 Å². The van der Waals surface area contributed by atoms with Crippen molar-refractivity contribution < 1.29 is 23.8 Å². The number of anilines is 1. The number of carbonyl (C=O) groups is 2. The highest BCUT2D eigenvalue weighted by Gasteiger charge is 2.27. The summed E-state index contributed by atoms with van der Waals surface area (Å²) < 4.78 is 5.34. The third kappa shape index (κ3) is 5.94. The van der Waals surface area contributed by atoms with E-state index >= 15 is 0 Å². The van der Waals surface area contributed by atoms with Crippen LogP contribution < -0.4 is 15.1 Å². The number of benzene rings is 1. The van der Waals surface area contributed by atoms with E-state index in [4.69, 9.17) is 4.42 Å². The third-order valence-corrected chi connectivity index (χ3v) is 5.08. The van der Waals surface area contributed by atoms with Crippen molar-refractivity contribution in [1.29, 1.82) is 0 Å². The van der Waals surface area contributed by atoms with Gasteiger partial charge < -0.3 is 24.4 Å². The Bertz CT molecular complexity index is 765. The molecule has 7 heteroatoms. The first-order valence-electron chi connectivity index (χ1n) is 9.81. The Morgan fingerprint density at radius 3 is 2.54 bits per heavy atom. The topological polar surface area (TPSA) is 71.4 Å². The summed E-state index contributed by atoms with van der Waals surface area (Å²) in [4.78, 5) is 29.0. The number of likely N-dealkylation sites (N-methyl/N-ethyl adjacent to an activating group) is 1. The van der Waals surface area contributed by atoms with Crippen molar-refractivity contribution >= 4 is 17.5 Å². The van der Waals surface area contributed by atoms with Crippen LogP contribution in [0.4, 0.5) is 5.69 Å². The zero-order chi connectivity index (χ0) is 19.9. The van der Waals surface area contributed by atoms with Crippen LogP contribution in [0.2, 0.25) is 0 Å². The molecule has 0 bridgehead atoms. The molecule has 1 fully saturated rings. The van der Waals surface area contributed by atoms with Gasteiger partial charge in [-0.05, 0) is 31.2 Å². The van der Waals surface area contributed by atoms with E-state index in [-0.39, 0.29) is 11.8 Å². The highest BCUT2D eigenvalue weighted by Crippen LogP contribution is 2.07. The number of quaternary nitrogens is 2. The van der Waals surface area contributed by atoms with Gasteiger partial charge in [0.25, 0.3) is 11.8 Å². The maximum Gasteiger partial charge on any atom is 0.279 e. The summed E-state index contributed by atoms with van der Waals surface area (Å²) in [5.41, 5.74) is 1.99. The first-order chi connectivity index (χ1) is 13.5. The molecule has 28 heavy (non-hydrogen) atoms. The van der Waals surface area contributed by atoms with E-state index < -0.39 is 0 Å². The number of nitrogens with one attached hydrogen (secondary N) is 3. The van der Waals surface area contributed by atoms with E-state index in [2.05, 4.69) is 5.32 Å². The minimum absolute atomic E-state index is 0.0151. The van der Waals surface area contributed by atoms with Gasteiger partial charge in [-0.15, -0.1) is 0 Å². The predicted octanol–water partition coefficient (Wildman–Crippen LogP) is -1.03. The molecular weight excluding hydrogens is 356 g/mol. The van der Waals surface area contributed by atoms with Crippen LogP contribution in [0.25, 0.3) is 0 Å². The van der Waals surface area contributed by atoms with Crippen LogP contribution in [0, 0.1) is 6.92 Å². The minimum atomic E-state index is 0.0151. The van der Waals surface area contributed by atoms with Crippen LogP contribution in [0.5, 0.6) is 0 Å². The molecule has 0 saturated carbocycles. The molecule has 1 atom stereocenters. The van der Waals surface area contributed by atoms with Crippen LogP contribution in [-0.4, -0.2) is 63.0 Å². The van der Waals surface area contributed by atoms with Crippen molar-refractivity contribution in [3.63, 3.8) is 0 Å². The molecule has 1 unspecified atom stereocenters. The molecule has 1 saturated heterocycles. The second kappa shape index (κ2) is 9.52. The molecule has 1 aromatic heterocycles. The van der Waals surface area contributed by atoms with Gasteiger partial charge in [0.2, 0.25) is 0 Å². The summed E-state index contributed by atoms with van der Waals surface area (Å²) in [7, 11) is 2.00. The predicted molar refractivity (Wildman–Crippen MR) is 106 cm³/mol. The van der Waals surface area contributed by atoms with Gasteiger partial charge in [0.15, 0.2) is 18.8 Å². The molecule has 1 aromatic carbocycles. The Hall–Kier alpha value is -2.64. The highest BCUT2D eigenvalue weighted by molar-refractivity contribution is 5.91. The zero-order valence-corrected chi connectivity index (χ0v) is 16.7. The van der Waals surface area contributed by atoms with Gasteiger partial charge in [-0.2, -0.15) is 0 Å². The molecule has 3 rings (SSSR count). The van der Waals surface area contributed by atoms with Gasteiger partial charge in [0.05, 0.1) is 39.5 Å². The number of hydrogen-bond acceptors (Lipinski definition) is 3. The second-order valence-electron chi connectivity index (χ2n) is 7.61. The van der Waals surface area contributed by atoms with Crippen molar-refractivity contribution in [1.82, 2.24) is 4.90 Å². The fourth-order valence-corrected chi connectivity index (χ4v) is 3.46. The molecule has 1 aliphatic heterocycles. The summed E-state index contributed by atoms with van der Waals surface area (Å²) in [6.07, 6.45) is 1.65. The molecular formula is C21H30N4O3+2. The van der Waals surface area contributed by atoms with E-state index in [1.54, 1.807) is 6.26 Å². The molecule has 2 aromatic rings. The summed E-state index contributed by atoms with van der Waals surface area (Å²) >= 11 is 0. The lowest BCUT2D eigenvalue weighted by Crippen LogP contribution is -3.16. The maximum absolute atomic E-state index is 12.5.